The molecule has 1 amide bonds. The molecule has 7 nitrogen and oxygen atoms in total. The number of amides is 1. The maximum Gasteiger partial charge on any atom is 0.328 e. The van der Waals surface area contributed by atoms with Gasteiger partial charge in [-0.2, -0.15) is 0 Å². The van der Waals surface area contributed by atoms with Crippen LogP contribution >= 0.6 is 11.6 Å². The maximum absolute atomic E-state index is 12.7. The van der Waals surface area contributed by atoms with E-state index < -0.39 is 12.0 Å². The van der Waals surface area contributed by atoms with Crippen LogP contribution < -0.4 is 10.2 Å². The second-order valence-corrected chi connectivity index (χ2v) is 8.33. The smallest absolute Gasteiger partial charge is 0.328 e. The summed E-state index contributed by atoms with van der Waals surface area (Å²) in [4.78, 5) is 32.6. The van der Waals surface area contributed by atoms with Crippen molar-refractivity contribution in [3.63, 3.8) is 0 Å². The zero-order valence-corrected chi connectivity index (χ0v) is 18.8. The second kappa shape index (κ2) is 10.1. The summed E-state index contributed by atoms with van der Waals surface area (Å²) in [5.41, 5.74) is 2.97. The van der Waals surface area contributed by atoms with Gasteiger partial charge in [0.05, 0.1) is 24.4 Å². The Morgan fingerprint density at radius 3 is 2.56 bits per heavy atom. The van der Waals surface area contributed by atoms with Gasteiger partial charge in [0.2, 0.25) is 5.91 Å². The SMILES string of the molecule is COC(=O)C(Cc1c[nH]c2ccccc12)NC(=O)CN1CCN(c2ccccc2Cl)CC1. The number of methoxy groups -OCH3 is 1. The number of para-hydroxylation sites is 2. The Labute approximate surface area is 192 Å². The summed E-state index contributed by atoms with van der Waals surface area (Å²) in [7, 11) is 1.34. The lowest BCUT2D eigenvalue weighted by Gasteiger charge is -2.36. The third-order valence-corrected chi connectivity index (χ3v) is 6.17. The number of carbonyl (C=O) groups is 2. The number of hydrogen-bond donors (Lipinski definition) is 2. The average molecular weight is 455 g/mol. The molecule has 2 N–H and O–H groups in total. The Kier molecular flexibility index (Phi) is 6.97. The molecule has 8 heteroatoms. The van der Waals surface area contributed by atoms with Gasteiger partial charge in [-0.1, -0.05) is 41.9 Å². The lowest BCUT2D eigenvalue weighted by Crippen LogP contribution is -2.52. The number of carbonyl (C=O) groups excluding carboxylic acids is 2. The quantitative estimate of drug-likeness (QED) is 0.537. The molecule has 3 aromatic rings. The number of nitrogens with zero attached hydrogens (tertiary/aromatic N) is 2. The molecule has 1 aliphatic rings. The number of nitrogens with one attached hydrogen (secondary N) is 2. The summed E-state index contributed by atoms with van der Waals surface area (Å²) in [6.45, 7) is 3.28. The van der Waals surface area contributed by atoms with Gasteiger partial charge in [0.15, 0.2) is 0 Å². The number of aromatic nitrogens is 1. The fraction of sp³-hybridized carbons (Fsp3) is 0.333. The number of H-pyrrole nitrogens is 1. The predicted molar refractivity (Wildman–Crippen MR) is 126 cm³/mol. The second-order valence-electron chi connectivity index (χ2n) is 7.92. The highest BCUT2D eigenvalue weighted by Gasteiger charge is 2.25. The minimum atomic E-state index is -0.740. The van der Waals surface area contributed by atoms with Gasteiger partial charge in [0, 0.05) is 49.7 Å². The Hall–Kier alpha value is -3.03. The summed E-state index contributed by atoms with van der Waals surface area (Å²) in [5.74, 6) is -0.640. The summed E-state index contributed by atoms with van der Waals surface area (Å²) >= 11 is 6.31. The first-order valence-corrected chi connectivity index (χ1v) is 11.1. The highest BCUT2D eigenvalue weighted by molar-refractivity contribution is 6.33. The monoisotopic (exact) mass is 454 g/mol. The lowest BCUT2D eigenvalue weighted by molar-refractivity contribution is -0.145. The molecule has 1 aromatic heterocycles. The molecular weight excluding hydrogens is 428 g/mol. The van der Waals surface area contributed by atoms with Crippen LogP contribution in [0.25, 0.3) is 10.9 Å². The third kappa shape index (κ3) is 5.06. The summed E-state index contributed by atoms with van der Waals surface area (Å²) < 4.78 is 4.94. The van der Waals surface area contributed by atoms with Gasteiger partial charge in [-0.15, -0.1) is 0 Å². The Morgan fingerprint density at radius 1 is 1.09 bits per heavy atom. The number of piperazine rings is 1. The van der Waals surface area contributed by atoms with Crippen molar-refractivity contribution in [3.8, 4) is 0 Å². The van der Waals surface area contributed by atoms with Crippen LogP contribution in [0, 0.1) is 0 Å². The van der Waals surface area contributed by atoms with Crippen molar-refractivity contribution in [1.82, 2.24) is 15.2 Å². The van der Waals surface area contributed by atoms with Crippen LogP contribution in [0.3, 0.4) is 0 Å². The standard InChI is InChI=1S/C24H27ClN4O3/c1-32-24(31)21(14-17-15-26-20-8-4-2-6-18(17)20)27-23(30)16-28-10-12-29(13-11-28)22-9-5-3-7-19(22)25/h2-9,15,21,26H,10-14,16H2,1H3,(H,27,30). The molecule has 0 saturated carbocycles. The normalized spacial score (nSPS) is 15.5. The molecule has 0 bridgehead atoms. The number of anilines is 1. The van der Waals surface area contributed by atoms with Crippen LogP contribution in [0.5, 0.6) is 0 Å². The zero-order chi connectivity index (χ0) is 22.5. The minimum Gasteiger partial charge on any atom is -0.467 e. The van der Waals surface area contributed by atoms with Crippen molar-refractivity contribution in [1.29, 1.82) is 0 Å². The number of hydrogen-bond acceptors (Lipinski definition) is 5. The molecule has 32 heavy (non-hydrogen) atoms. The van der Waals surface area contributed by atoms with E-state index >= 15 is 0 Å². The molecule has 0 aliphatic carbocycles. The summed E-state index contributed by atoms with van der Waals surface area (Å²) in [5, 5.41) is 4.63. The Morgan fingerprint density at radius 2 is 1.81 bits per heavy atom. The summed E-state index contributed by atoms with van der Waals surface area (Å²) in [6, 6.07) is 14.9. The van der Waals surface area contributed by atoms with E-state index in [9.17, 15) is 9.59 Å². The molecule has 2 heterocycles. The fourth-order valence-corrected chi connectivity index (χ4v) is 4.41. The lowest BCUT2D eigenvalue weighted by atomic mass is 10.0. The predicted octanol–water partition coefficient (Wildman–Crippen LogP) is 2.84. The fourth-order valence-electron chi connectivity index (χ4n) is 4.15. The van der Waals surface area contributed by atoms with E-state index in [-0.39, 0.29) is 12.5 Å². The summed E-state index contributed by atoms with van der Waals surface area (Å²) in [6.07, 6.45) is 2.24. The Balaban J connectivity index is 1.34. The van der Waals surface area contributed by atoms with Crippen molar-refractivity contribution >= 4 is 40.1 Å². The average Bonchev–Trinajstić information content (AvgIpc) is 3.22. The topological polar surface area (TPSA) is 77.7 Å². The highest BCUT2D eigenvalue weighted by Crippen LogP contribution is 2.26. The first kappa shape index (κ1) is 22.2. The van der Waals surface area contributed by atoms with Crippen molar-refractivity contribution in [2.24, 2.45) is 0 Å². The molecule has 0 radical (unpaired) electrons. The minimum absolute atomic E-state index is 0.188. The van der Waals surface area contributed by atoms with E-state index in [0.29, 0.717) is 6.42 Å². The van der Waals surface area contributed by atoms with E-state index in [1.807, 2.05) is 54.7 Å². The van der Waals surface area contributed by atoms with Gasteiger partial charge in [-0.05, 0) is 23.8 Å². The molecular formula is C24H27ClN4O3. The van der Waals surface area contributed by atoms with Crippen LogP contribution in [-0.4, -0.2) is 67.6 Å². The van der Waals surface area contributed by atoms with Crippen molar-refractivity contribution < 1.29 is 14.3 Å². The number of ether oxygens (including phenoxy) is 1. The van der Waals surface area contributed by atoms with Gasteiger partial charge < -0.3 is 19.9 Å². The van der Waals surface area contributed by atoms with E-state index in [1.165, 1.54) is 7.11 Å². The van der Waals surface area contributed by atoms with Crippen molar-refractivity contribution in [2.75, 3.05) is 44.7 Å². The van der Waals surface area contributed by atoms with Gasteiger partial charge in [-0.25, -0.2) is 4.79 Å². The molecule has 1 aliphatic heterocycles. The molecule has 4 rings (SSSR count). The van der Waals surface area contributed by atoms with Gasteiger partial charge >= 0.3 is 5.97 Å². The van der Waals surface area contributed by atoms with E-state index in [1.54, 1.807) is 0 Å². The first-order chi connectivity index (χ1) is 15.5. The number of aromatic amines is 1. The number of fused-ring (bicyclic) bond motifs is 1. The van der Waals surface area contributed by atoms with Crippen LogP contribution in [0.1, 0.15) is 5.56 Å². The van der Waals surface area contributed by atoms with E-state index in [2.05, 4.69) is 20.1 Å². The van der Waals surface area contributed by atoms with Gasteiger partial charge in [0.1, 0.15) is 6.04 Å². The van der Waals surface area contributed by atoms with Gasteiger partial charge in [-0.3, -0.25) is 9.69 Å². The highest BCUT2D eigenvalue weighted by atomic mass is 35.5. The van der Waals surface area contributed by atoms with Crippen LogP contribution in [0.4, 0.5) is 5.69 Å². The number of halogens is 1. The molecule has 168 valence electrons. The molecule has 1 atom stereocenters. The number of esters is 1. The van der Waals surface area contributed by atoms with Crippen molar-refractivity contribution in [2.45, 2.75) is 12.5 Å². The van der Waals surface area contributed by atoms with Gasteiger partial charge in [0.25, 0.3) is 0 Å². The van der Waals surface area contributed by atoms with Crippen LogP contribution in [-0.2, 0) is 20.7 Å². The third-order valence-electron chi connectivity index (χ3n) is 5.85. The first-order valence-electron chi connectivity index (χ1n) is 10.7. The Bertz CT molecular complexity index is 1090. The maximum atomic E-state index is 12.7. The molecule has 1 fully saturated rings. The number of benzene rings is 2. The molecule has 1 unspecified atom stereocenters. The van der Waals surface area contributed by atoms with Crippen LogP contribution in [0.2, 0.25) is 5.02 Å². The van der Waals surface area contributed by atoms with Crippen molar-refractivity contribution in [3.05, 3.63) is 65.3 Å². The molecule has 2 aromatic carbocycles. The molecule has 1 saturated heterocycles. The van der Waals surface area contributed by atoms with Crippen LogP contribution in [0.15, 0.2) is 54.7 Å². The zero-order valence-electron chi connectivity index (χ0n) is 18.0. The number of rotatable bonds is 7. The van der Waals surface area contributed by atoms with E-state index in [0.717, 1.165) is 53.4 Å². The van der Waals surface area contributed by atoms with E-state index in [4.69, 9.17) is 16.3 Å². The molecule has 0 spiro atoms. The largest absolute Gasteiger partial charge is 0.467 e.